The quantitative estimate of drug-likeness (QED) is 0.660. The van der Waals surface area contributed by atoms with Crippen LogP contribution in [0.25, 0.3) is 0 Å². The van der Waals surface area contributed by atoms with Gasteiger partial charge in [0.15, 0.2) is 0 Å². The number of carboxylic acid groups (broad SMARTS) is 1. The molecule has 0 spiro atoms. The number of nitrogens with two attached hydrogens (primary N) is 1. The van der Waals surface area contributed by atoms with Crippen LogP contribution in [0.3, 0.4) is 0 Å². The maximum absolute atomic E-state index is 12.0. The summed E-state index contributed by atoms with van der Waals surface area (Å²) in [6, 6.07) is -0.548. The van der Waals surface area contributed by atoms with E-state index in [9.17, 15) is 9.59 Å². The van der Waals surface area contributed by atoms with Crippen LogP contribution in [0.2, 0.25) is 0 Å². The van der Waals surface area contributed by atoms with Crippen LogP contribution >= 0.6 is 0 Å². The third kappa shape index (κ3) is 5.17. The number of unbranched alkanes of at least 4 members (excludes halogenated alkanes) is 1. The van der Waals surface area contributed by atoms with E-state index in [1.165, 1.54) is 4.90 Å². The smallest absolute Gasteiger partial charge is 0.323 e. The van der Waals surface area contributed by atoms with Crippen LogP contribution in [0.4, 0.5) is 0 Å². The molecule has 0 aromatic carbocycles. The van der Waals surface area contributed by atoms with Crippen LogP contribution in [0.15, 0.2) is 0 Å². The number of rotatable bonds is 8. The maximum atomic E-state index is 12.0. The minimum absolute atomic E-state index is 0.215. The van der Waals surface area contributed by atoms with Gasteiger partial charge in [-0.05, 0) is 25.2 Å². The van der Waals surface area contributed by atoms with E-state index < -0.39 is 12.0 Å². The number of amides is 1. The van der Waals surface area contributed by atoms with Gasteiger partial charge in [0.1, 0.15) is 6.54 Å². The molecule has 3 N–H and O–H groups in total. The first kappa shape index (κ1) is 14.0. The van der Waals surface area contributed by atoms with E-state index in [0.29, 0.717) is 18.9 Å². The van der Waals surface area contributed by atoms with E-state index in [-0.39, 0.29) is 12.5 Å². The number of carbonyl (C=O) groups excluding carboxylic acids is 1. The molecule has 1 aliphatic carbocycles. The Morgan fingerprint density at radius 2 is 2.12 bits per heavy atom. The molecule has 17 heavy (non-hydrogen) atoms. The number of carboxylic acids is 1. The Hall–Kier alpha value is -1.10. The largest absolute Gasteiger partial charge is 0.480 e. The average molecular weight is 242 g/mol. The highest BCUT2D eigenvalue weighted by Gasteiger charge is 2.29. The predicted octanol–water partition coefficient (Wildman–Crippen LogP) is 0.827. The summed E-state index contributed by atoms with van der Waals surface area (Å²) < 4.78 is 0. The van der Waals surface area contributed by atoms with Crippen LogP contribution in [0.1, 0.15) is 39.0 Å². The Morgan fingerprint density at radius 3 is 2.59 bits per heavy atom. The number of hydrogen-bond donors (Lipinski definition) is 2. The number of carbonyl (C=O) groups is 2. The summed E-state index contributed by atoms with van der Waals surface area (Å²) in [5, 5.41) is 8.79. The predicted molar refractivity (Wildman–Crippen MR) is 64.4 cm³/mol. The number of aliphatic carboxylic acids is 1. The minimum atomic E-state index is -0.971. The second kappa shape index (κ2) is 6.59. The minimum Gasteiger partial charge on any atom is -0.480 e. The summed E-state index contributed by atoms with van der Waals surface area (Å²) in [6.07, 6.45) is 4.71. The summed E-state index contributed by atoms with van der Waals surface area (Å²) >= 11 is 0. The van der Waals surface area contributed by atoms with Crippen molar-refractivity contribution in [2.45, 2.75) is 45.1 Å². The second-order valence-electron chi connectivity index (χ2n) is 4.80. The molecule has 0 saturated heterocycles. The Kier molecular flexibility index (Phi) is 5.41. The average Bonchev–Trinajstić information content (AvgIpc) is 3.07. The van der Waals surface area contributed by atoms with Crippen LogP contribution in [-0.2, 0) is 9.59 Å². The van der Waals surface area contributed by atoms with Gasteiger partial charge in [0.2, 0.25) is 5.91 Å². The molecule has 0 radical (unpaired) electrons. The van der Waals surface area contributed by atoms with Crippen molar-refractivity contribution in [2.75, 3.05) is 13.1 Å². The van der Waals surface area contributed by atoms with Gasteiger partial charge in [-0.3, -0.25) is 9.59 Å². The van der Waals surface area contributed by atoms with Crippen molar-refractivity contribution in [2.24, 2.45) is 11.7 Å². The van der Waals surface area contributed by atoms with Gasteiger partial charge in [-0.25, -0.2) is 0 Å². The highest BCUT2D eigenvalue weighted by molar-refractivity contribution is 5.85. The molecule has 1 amide bonds. The molecule has 1 aliphatic rings. The van der Waals surface area contributed by atoms with Crippen molar-refractivity contribution in [1.29, 1.82) is 0 Å². The van der Waals surface area contributed by atoms with Crippen molar-refractivity contribution in [3.8, 4) is 0 Å². The highest BCUT2D eigenvalue weighted by atomic mass is 16.4. The highest BCUT2D eigenvalue weighted by Crippen LogP contribution is 2.29. The molecule has 5 heteroatoms. The standard InChI is InChI=1S/C12H22N2O3/c1-2-3-4-10(13)12(17)14(8-11(15)16)7-9-5-6-9/h9-10H,2-8,13H2,1H3,(H,15,16)/t10-/m0/s1. The third-order valence-electron chi connectivity index (χ3n) is 3.00. The first-order chi connectivity index (χ1) is 8.04. The van der Waals surface area contributed by atoms with Crippen molar-refractivity contribution in [1.82, 2.24) is 4.90 Å². The molecule has 0 aromatic heterocycles. The fourth-order valence-corrected chi connectivity index (χ4v) is 1.79. The van der Waals surface area contributed by atoms with E-state index in [1.807, 2.05) is 6.92 Å². The summed E-state index contributed by atoms with van der Waals surface area (Å²) in [5.74, 6) is -0.703. The molecule has 0 bridgehead atoms. The zero-order valence-electron chi connectivity index (χ0n) is 10.4. The summed E-state index contributed by atoms with van der Waals surface area (Å²) in [4.78, 5) is 24.1. The summed E-state index contributed by atoms with van der Waals surface area (Å²) in [5.41, 5.74) is 5.79. The number of hydrogen-bond acceptors (Lipinski definition) is 3. The van der Waals surface area contributed by atoms with Gasteiger partial charge in [0.05, 0.1) is 6.04 Å². The number of nitrogens with zero attached hydrogens (tertiary/aromatic N) is 1. The lowest BCUT2D eigenvalue weighted by Gasteiger charge is -2.24. The maximum Gasteiger partial charge on any atom is 0.323 e. The molecule has 0 aromatic rings. The van der Waals surface area contributed by atoms with Crippen molar-refractivity contribution < 1.29 is 14.7 Å². The fraction of sp³-hybridized carbons (Fsp3) is 0.833. The van der Waals surface area contributed by atoms with E-state index in [0.717, 1.165) is 25.7 Å². The van der Waals surface area contributed by atoms with Crippen molar-refractivity contribution in [3.63, 3.8) is 0 Å². The molecule has 1 rings (SSSR count). The Balaban J connectivity index is 2.47. The third-order valence-corrected chi connectivity index (χ3v) is 3.00. The molecule has 0 heterocycles. The van der Waals surface area contributed by atoms with Gasteiger partial charge >= 0.3 is 5.97 Å². The fourth-order valence-electron chi connectivity index (χ4n) is 1.79. The van der Waals surface area contributed by atoms with E-state index in [4.69, 9.17) is 10.8 Å². The van der Waals surface area contributed by atoms with E-state index in [2.05, 4.69) is 0 Å². The van der Waals surface area contributed by atoms with Gasteiger partial charge < -0.3 is 15.7 Å². The van der Waals surface area contributed by atoms with E-state index >= 15 is 0 Å². The van der Waals surface area contributed by atoms with Gasteiger partial charge in [-0.1, -0.05) is 19.8 Å². The summed E-state index contributed by atoms with van der Waals surface area (Å²) in [6.45, 7) is 2.36. The SMILES string of the molecule is CCCC[C@H](N)C(=O)N(CC(=O)O)CC1CC1. The lowest BCUT2D eigenvalue weighted by Crippen LogP contribution is -2.46. The zero-order chi connectivity index (χ0) is 12.8. The first-order valence-electron chi connectivity index (χ1n) is 6.30. The topological polar surface area (TPSA) is 83.6 Å². The lowest BCUT2D eigenvalue weighted by atomic mass is 10.1. The van der Waals surface area contributed by atoms with Crippen LogP contribution < -0.4 is 5.73 Å². The molecule has 1 fully saturated rings. The van der Waals surface area contributed by atoms with Gasteiger partial charge in [0.25, 0.3) is 0 Å². The summed E-state index contributed by atoms with van der Waals surface area (Å²) in [7, 11) is 0. The Bertz CT molecular complexity index is 277. The van der Waals surface area contributed by atoms with Gasteiger partial charge in [-0.15, -0.1) is 0 Å². The van der Waals surface area contributed by atoms with Gasteiger partial charge in [0, 0.05) is 6.54 Å². The van der Waals surface area contributed by atoms with E-state index in [1.54, 1.807) is 0 Å². The molecule has 0 unspecified atom stereocenters. The molecule has 1 saturated carbocycles. The first-order valence-corrected chi connectivity index (χ1v) is 6.30. The Labute approximate surface area is 102 Å². The van der Waals surface area contributed by atoms with Gasteiger partial charge in [-0.2, -0.15) is 0 Å². The Morgan fingerprint density at radius 1 is 1.47 bits per heavy atom. The molecule has 0 aliphatic heterocycles. The molecular formula is C12H22N2O3. The second-order valence-corrected chi connectivity index (χ2v) is 4.80. The normalized spacial score (nSPS) is 16.6. The molecule has 5 nitrogen and oxygen atoms in total. The van der Waals surface area contributed by atoms with Crippen molar-refractivity contribution >= 4 is 11.9 Å². The zero-order valence-corrected chi connectivity index (χ0v) is 10.4. The molecule has 98 valence electrons. The van der Waals surface area contributed by atoms with Crippen LogP contribution in [0.5, 0.6) is 0 Å². The lowest BCUT2D eigenvalue weighted by molar-refractivity contribution is -0.145. The monoisotopic (exact) mass is 242 g/mol. The van der Waals surface area contributed by atoms with Crippen LogP contribution in [-0.4, -0.2) is 41.0 Å². The van der Waals surface area contributed by atoms with Crippen molar-refractivity contribution in [3.05, 3.63) is 0 Å². The molecular weight excluding hydrogens is 220 g/mol. The van der Waals surface area contributed by atoms with Crippen LogP contribution in [0, 0.1) is 5.92 Å². The molecule has 1 atom stereocenters.